The first-order chi connectivity index (χ1) is 12.0. The van der Waals surface area contributed by atoms with Gasteiger partial charge in [0.2, 0.25) is 0 Å². The Kier molecular flexibility index (Phi) is 5.22. The molecule has 0 aliphatic heterocycles. The van der Waals surface area contributed by atoms with Crippen molar-refractivity contribution in [2.45, 2.75) is 45.6 Å². The Morgan fingerprint density at radius 3 is 2.60 bits per heavy atom. The molecule has 1 N–H and O–H groups in total. The van der Waals surface area contributed by atoms with E-state index in [1.165, 1.54) is 30.8 Å². The molecule has 0 radical (unpaired) electrons. The highest BCUT2D eigenvalue weighted by atomic mass is 32.1. The molecule has 0 unspecified atom stereocenters. The molecule has 3 rings (SSSR count). The van der Waals surface area contributed by atoms with Crippen molar-refractivity contribution in [1.82, 2.24) is 4.37 Å². The van der Waals surface area contributed by atoms with E-state index in [1.807, 2.05) is 6.92 Å². The van der Waals surface area contributed by atoms with Crippen LogP contribution in [0.5, 0.6) is 11.5 Å². The number of ether oxygens (including phenoxy) is 2. The maximum absolute atomic E-state index is 14.4. The first-order valence-electron chi connectivity index (χ1n) is 8.28. The van der Waals surface area contributed by atoms with Crippen molar-refractivity contribution >= 4 is 23.1 Å². The van der Waals surface area contributed by atoms with Crippen LogP contribution in [0.4, 0.5) is 10.1 Å². The van der Waals surface area contributed by atoms with Crippen LogP contribution in [-0.4, -0.2) is 23.5 Å². The summed E-state index contributed by atoms with van der Waals surface area (Å²) >= 11 is 1.30. The second-order valence-corrected chi connectivity index (χ2v) is 7.14. The quantitative estimate of drug-likeness (QED) is 0.850. The Morgan fingerprint density at radius 2 is 2.00 bits per heavy atom. The van der Waals surface area contributed by atoms with Gasteiger partial charge in [-0.1, -0.05) is 0 Å². The van der Waals surface area contributed by atoms with E-state index < -0.39 is 11.7 Å². The molecular weight excluding hydrogens is 343 g/mol. The molecule has 1 aliphatic carbocycles. The van der Waals surface area contributed by atoms with Crippen LogP contribution in [0.1, 0.15) is 46.6 Å². The van der Waals surface area contributed by atoms with Crippen molar-refractivity contribution in [3.8, 4) is 11.5 Å². The molecule has 0 spiro atoms. The smallest absolute Gasteiger partial charge is 0.258 e. The Balaban J connectivity index is 1.88. The molecule has 1 fully saturated rings. The lowest BCUT2D eigenvalue weighted by Crippen LogP contribution is -2.17. The minimum Gasteiger partial charge on any atom is -0.493 e. The van der Waals surface area contributed by atoms with E-state index in [4.69, 9.17) is 9.47 Å². The van der Waals surface area contributed by atoms with Crippen LogP contribution in [0.15, 0.2) is 12.1 Å². The Hall–Kier alpha value is -2.15. The number of nitrogens with zero attached hydrogens (tertiary/aromatic N) is 1. The van der Waals surface area contributed by atoms with Gasteiger partial charge >= 0.3 is 0 Å². The molecule has 1 amide bonds. The van der Waals surface area contributed by atoms with Gasteiger partial charge in [0, 0.05) is 10.9 Å². The van der Waals surface area contributed by atoms with Gasteiger partial charge in [-0.3, -0.25) is 4.79 Å². The molecule has 1 heterocycles. The standard InChI is InChI=1S/C18H21FN2O3S/c1-10-17(11(2)25-21-10)20-18(22)13-8-16(15(23-3)9-14(13)19)24-12-6-4-5-7-12/h8-9,12H,4-7H2,1-3H3,(H,20,22). The molecule has 0 bridgehead atoms. The van der Waals surface area contributed by atoms with Gasteiger partial charge < -0.3 is 14.8 Å². The largest absolute Gasteiger partial charge is 0.493 e. The van der Waals surface area contributed by atoms with Crippen molar-refractivity contribution < 1.29 is 18.7 Å². The highest BCUT2D eigenvalue weighted by Crippen LogP contribution is 2.34. The van der Waals surface area contributed by atoms with Crippen LogP contribution >= 0.6 is 11.5 Å². The van der Waals surface area contributed by atoms with Crippen molar-refractivity contribution in [3.63, 3.8) is 0 Å². The van der Waals surface area contributed by atoms with Gasteiger partial charge in [-0.2, -0.15) is 4.37 Å². The Morgan fingerprint density at radius 1 is 1.28 bits per heavy atom. The summed E-state index contributed by atoms with van der Waals surface area (Å²) in [5.41, 5.74) is 1.27. The first kappa shape index (κ1) is 17.7. The molecule has 1 aliphatic rings. The number of aryl methyl sites for hydroxylation is 2. The van der Waals surface area contributed by atoms with Crippen LogP contribution in [0.25, 0.3) is 0 Å². The van der Waals surface area contributed by atoms with E-state index in [2.05, 4.69) is 9.69 Å². The number of carbonyl (C=O) groups is 1. The number of amides is 1. The van der Waals surface area contributed by atoms with E-state index >= 15 is 0 Å². The van der Waals surface area contributed by atoms with Gasteiger partial charge in [0.25, 0.3) is 5.91 Å². The lowest BCUT2D eigenvalue weighted by Gasteiger charge is -2.17. The van der Waals surface area contributed by atoms with Gasteiger partial charge in [-0.25, -0.2) is 4.39 Å². The number of nitrogens with one attached hydrogen (secondary N) is 1. The van der Waals surface area contributed by atoms with Crippen molar-refractivity contribution in [3.05, 3.63) is 34.1 Å². The average Bonchev–Trinajstić information content (AvgIpc) is 3.21. The number of methoxy groups -OCH3 is 1. The van der Waals surface area contributed by atoms with Gasteiger partial charge in [-0.15, -0.1) is 0 Å². The van der Waals surface area contributed by atoms with E-state index in [1.54, 1.807) is 6.92 Å². The van der Waals surface area contributed by atoms with Gasteiger partial charge in [0.05, 0.1) is 30.2 Å². The average molecular weight is 364 g/mol. The lowest BCUT2D eigenvalue weighted by molar-refractivity contribution is 0.102. The van der Waals surface area contributed by atoms with Crippen LogP contribution in [-0.2, 0) is 0 Å². The molecule has 1 aromatic heterocycles. The third-order valence-corrected chi connectivity index (χ3v) is 5.21. The minimum absolute atomic E-state index is 0.0706. The number of halogens is 1. The van der Waals surface area contributed by atoms with Crippen LogP contribution in [0, 0.1) is 19.7 Å². The molecule has 7 heteroatoms. The van der Waals surface area contributed by atoms with E-state index in [0.717, 1.165) is 30.6 Å². The van der Waals surface area contributed by atoms with Crippen molar-refractivity contribution in [1.29, 1.82) is 0 Å². The summed E-state index contributed by atoms with van der Waals surface area (Å²) in [5.74, 6) is -0.474. The minimum atomic E-state index is -0.647. The summed E-state index contributed by atoms with van der Waals surface area (Å²) in [5, 5.41) is 2.75. The van der Waals surface area contributed by atoms with Crippen molar-refractivity contribution in [2.75, 3.05) is 12.4 Å². The topological polar surface area (TPSA) is 60.5 Å². The SMILES string of the molecule is COc1cc(F)c(C(=O)Nc2c(C)nsc2C)cc1OC1CCCC1. The highest BCUT2D eigenvalue weighted by molar-refractivity contribution is 7.06. The van der Waals surface area contributed by atoms with E-state index in [-0.39, 0.29) is 11.7 Å². The number of hydrogen-bond acceptors (Lipinski definition) is 5. The second kappa shape index (κ2) is 7.39. The predicted octanol–water partition coefficient (Wildman–Crippen LogP) is 4.48. The fourth-order valence-corrected chi connectivity index (χ4v) is 3.64. The summed E-state index contributed by atoms with van der Waals surface area (Å²) in [7, 11) is 1.46. The Bertz CT molecular complexity index is 765. The number of anilines is 1. The molecule has 0 saturated heterocycles. The van der Waals surface area contributed by atoms with Gasteiger partial charge in [0.1, 0.15) is 5.82 Å². The molecule has 134 valence electrons. The third kappa shape index (κ3) is 3.76. The fraction of sp³-hybridized carbons (Fsp3) is 0.444. The lowest BCUT2D eigenvalue weighted by atomic mass is 10.1. The molecule has 1 saturated carbocycles. The van der Waals surface area contributed by atoms with Gasteiger partial charge in [0.15, 0.2) is 11.5 Å². The maximum Gasteiger partial charge on any atom is 0.258 e. The molecular formula is C18H21FN2O3S. The normalized spacial score (nSPS) is 14.6. The Labute approximate surface area is 150 Å². The second-order valence-electron chi connectivity index (χ2n) is 6.16. The number of aromatic nitrogens is 1. The zero-order chi connectivity index (χ0) is 18.0. The molecule has 25 heavy (non-hydrogen) atoms. The number of hydrogen-bond donors (Lipinski definition) is 1. The number of benzene rings is 1. The summed E-state index contributed by atoms with van der Waals surface area (Å²) in [6.07, 6.45) is 4.24. The summed E-state index contributed by atoms with van der Waals surface area (Å²) in [4.78, 5) is 13.4. The van der Waals surface area contributed by atoms with Crippen LogP contribution < -0.4 is 14.8 Å². The molecule has 2 aromatic rings. The van der Waals surface area contributed by atoms with E-state index in [0.29, 0.717) is 22.9 Å². The summed E-state index contributed by atoms with van der Waals surface area (Å²) in [6, 6.07) is 2.62. The summed E-state index contributed by atoms with van der Waals surface area (Å²) < 4.78 is 29.7. The van der Waals surface area contributed by atoms with Gasteiger partial charge in [-0.05, 0) is 57.1 Å². The van der Waals surface area contributed by atoms with Crippen LogP contribution in [0.2, 0.25) is 0 Å². The third-order valence-electron chi connectivity index (χ3n) is 4.37. The zero-order valence-corrected chi connectivity index (χ0v) is 15.3. The highest BCUT2D eigenvalue weighted by Gasteiger charge is 2.23. The first-order valence-corrected chi connectivity index (χ1v) is 9.05. The molecule has 5 nitrogen and oxygen atoms in total. The fourth-order valence-electron chi connectivity index (χ4n) is 2.99. The maximum atomic E-state index is 14.4. The molecule has 0 atom stereocenters. The van der Waals surface area contributed by atoms with Crippen LogP contribution in [0.3, 0.4) is 0 Å². The monoisotopic (exact) mass is 364 g/mol. The summed E-state index contributed by atoms with van der Waals surface area (Å²) in [6.45, 7) is 3.66. The van der Waals surface area contributed by atoms with E-state index in [9.17, 15) is 9.18 Å². The number of carbonyl (C=O) groups excluding carboxylic acids is 1. The van der Waals surface area contributed by atoms with Crippen molar-refractivity contribution in [2.24, 2.45) is 0 Å². The molecule has 1 aromatic carbocycles. The zero-order valence-electron chi connectivity index (χ0n) is 14.5. The predicted molar refractivity (Wildman–Crippen MR) is 95.4 cm³/mol. The number of rotatable bonds is 5.